The molecule has 6 heteroatoms. The van der Waals surface area contributed by atoms with Gasteiger partial charge in [0, 0.05) is 22.8 Å². The highest BCUT2D eigenvalue weighted by Crippen LogP contribution is 2.42. The number of nitrogens with zero attached hydrogens (tertiary/aromatic N) is 1. The number of aryl methyl sites for hydroxylation is 1. The average molecular weight is 421 g/mol. The van der Waals surface area contributed by atoms with Crippen LogP contribution in [0.2, 0.25) is 0 Å². The minimum atomic E-state index is -0.879. The first-order chi connectivity index (χ1) is 13.9. The van der Waals surface area contributed by atoms with Crippen LogP contribution in [0.4, 0.5) is 0 Å². The smallest absolute Gasteiger partial charge is 0.145 e. The summed E-state index contributed by atoms with van der Waals surface area (Å²) < 4.78 is 7.35. The molecule has 0 radical (unpaired) electrons. The van der Waals surface area contributed by atoms with E-state index in [0.29, 0.717) is 0 Å². The fraction of sp³-hybridized carbons (Fsp3) is 0.174. The Bertz CT molecular complexity index is 1340. The number of hydrogen-bond acceptors (Lipinski definition) is 5. The van der Waals surface area contributed by atoms with Gasteiger partial charge in [-0.1, -0.05) is 12.1 Å². The van der Waals surface area contributed by atoms with E-state index in [-0.39, 0.29) is 0 Å². The van der Waals surface area contributed by atoms with E-state index in [1.807, 2.05) is 24.3 Å². The summed E-state index contributed by atoms with van der Waals surface area (Å²) >= 11 is 3.19. The van der Waals surface area contributed by atoms with Crippen LogP contribution in [0.25, 0.3) is 30.9 Å². The van der Waals surface area contributed by atoms with Crippen molar-refractivity contribution in [3.63, 3.8) is 0 Å². The highest BCUT2D eigenvalue weighted by Gasteiger charge is 2.21. The highest BCUT2D eigenvalue weighted by atomic mass is 32.1. The molecule has 0 fully saturated rings. The van der Waals surface area contributed by atoms with Gasteiger partial charge >= 0.3 is 0 Å². The summed E-state index contributed by atoms with van der Waals surface area (Å²) in [5.74, 6) is 1.65. The lowest BCUT2D eigenvalue weighted by Gasteiger charge is -2.12. The zero-order chi connectivity index (χ0) is 20.2. The van der Waals surface area contributed by atoms with E-state index in [1.54, 1.807) is 31.4 Å². The van der Waals surface area contributed by atoms with Gasteiger partial charge in [-0.05, 0) is 62.6 Å². The molecule has 5 aromatic rings. The number of aromatic nitrogens is 2. The van der Waals surface area contributed by atoms with E-state index in [4.69, 9.17) is 4.74 Å². The summed E-state index contributed by atoms with van der Waals surface area (Å²) in [5, 5.41) is 13.4. The standard InChI is InChI=1S/C23H20N2O2S2/c1-13-9-15-10-16(7-8-17(15)25-13)27-18-6-4-5-14-11-19(28-21(14)18)22-24-12-20(29-22)23(2,3)26/h4-12,25-26H,1-3H3. The van der Waals surface area contributed by atoms with E-state index >= 15 is 0 Å². The Morgan fingerprint density at radius 2 is 1.90 bits per heavy atom. The normalized spacial score (nSPS) is 12.1. The number of nitrogens with one attached hydrogen (secondary N) is 1. The van der Waals surface area contributed by atoms with Crippen molar-refractivity contribution < 1.29 is 9.84 Å². The third-order valence-corrected chi connectivity index (χ3v) is 7.43. The number of fused-ring (bicyclic) bond motifs is 2. The van der Waals surface area contributed by atoms with Gasteiger partial charge in [0.2, 0.25) is 0 Å². The molecule has 0 saturated carbocycles. The van der Waals surface area contributed by atoms with Crippen molar-refractivity contribution in [2.24, 2.45) is 0 Å². The number of aliphatic hydroxyl groups is 1. The van der Waals surface area contributed by atoms with Gasteiger partial charge in [-0.3, -0.25) is 0 Å². The molecule has 29 heavy (non-hydrogen) atoms. The quantitative estimate of drug-likeness (QED) is 0.335. The van der Waals surface area contributed by atoms with Crippen molar-refractivity contribution in [1.29, 1.82) is 0 Å². The van der Waals surface area contributed by atoms with Crippen molar-refractivity contribution in [1.82, 2.24) is 9.97 Å². The van der Waals surface area contributed by atoms with Gasteiger partial charge in [-0.15, -0.1) is 22.7 Å². The maximum atomic E-state index is 10.2. The first-order valence-electron chi connectivity index (χ1n) is 9.36. The number of rotatable bonds is 4. The molecule has 0 aliphatic carbocycles. The fourth-order valence-electron chi connectivity index (χ4n) is 3.34. The molecule has 0 amide bonds. The topological polar surface area (TPSA) is 58.1 Å². The molecule has 3 aromatic heterocycles. The zero-order valence-corrected chi connectivity index (χ0v) is 17.9. The lowest BCUT2D eigenvalue weighted by Crippen LogP contribution is -2.12. The summed E-state index contributed by atoms with van der Waals surface area (Å²) in [6, 6.07) is 16.4. The number of ether oxygens (including phenoxy) is 1. The second-order valence-corrected chi connectivity index (χ2v) is 9.76. The molecule has 0 bridgehead atoms. The first-order valence-corrected chi connectivity index (χ1v) is 11.0. The molecular weight excluding hydrogens is 400 g/mol. The minimum absolute atomic E-state index is 0.817. The molecule has 5 rings (SSSR count). The van der Waals surface area contributed by atoms with E-state index in [2.05, 4.69) is 41.2 Å². The monoisotopic (exact) mass is 420 g/mol. The molecule has 0 saturated heterocycles. The highest BCUT2D eigenvalue weighted by molar-refractivity contribution is 7.26. The Hall–Kier alpha value is -2.67. The van der Waals surface area contributed by atoms with Gasteiger partial charge in [-0.2, -0.15) is 0 Å². The van der Waals surface area contributed by atoms with Crippen molar-refractivity contribution in [3.05, 3.63) is 65.3 Å². The van der Waals surface area contributed by atoms with Gasteiger partial charge in [0.1, 0.15) is 16.5 Å². The van der Waals surface area contributed by atoms with Gasteiger partial charge < -0.3 is 14.8 Å². The third kappa shape index (κ3) is 3.44. The number of thiazole rings is 1. The van der Waals surface area contributed by atoms with Crippen LogP contribution in [-0.4, -0.2) is 15.1 Å². The molecule has 4 nitrogen and oxygen atoms in total. The van der Waals surface area contributed by atoms with E-state index in [1.165, 1.54) is 11.3 Å². The lowest BCUT2D eigenvalue weighted by atomic mass is 10.1. The Kier molecular flexibility index (Phi) is 4.24. The number of aromatic amines is 1. The summed E-state index contributed by atoms with van der Waals surface area (Å²) in [4.78, 5) is 9.79. The molecule has 146 valence electrons. The van der Waals surface area contributed by atoms with E-state index in [0.717, 1.165) is 52.9 Å². The van der Waals surface area contributed by atoms with Crippen LogP contribution in [-0.2, 0) is 5.60 Å². The molecular formula is C23H20N2O2S2. The second-order valence-electron chi connectivity index (χ2n) is 7.68. The molecule has 2 aromatic carbocycles. The second kappa shape index (κ2) is 6.69. The molecule has 0 atom stereocenters. The maximum absolute atomic E-state index is 10.2. The Balaban J connectivity index is 1.52. The molecule has 0 aliphatic heterocycles. The average Bonchev–Trinajstić information content (AvgIpc) is 3.37. The molecule has 2 N–H and O–H groups in total. The fourth-order valence-corrected chi connectivity index (χ4v) is 5.42. The van der Waals surface area contributed by atoms with Crippen LogP contribution < -0.4 is 4.74 Å². The largest absolute Gasteiger partial charge is 0.456 e. The summed E-state index contributed by atoms with van der Waals surface area (Å²) in [6.45, 7) is 5.62. The van der Waals surface area contributed by atoms with Crippen molar-refractivity contribution in [2.75, 3.05) is 0 Å². The van der Waals surface area contributed by atoms with E-state index in [9.17, 15) is 5.11 Å². The molecule has 3 heterocycles. The van der Waals surface area contributed by atoms with Gasteiger partial charge in [0.05, 0.1) is 20.1 Å². The van der Waals surface area contributed by atoms with E-state index < -0.39 is 5.60 Å². The van der Waals surface area contributed by atoms with Gasteiger partial charge in [-0.25, -0.2) is 4.98 Å². The number of hydrogen-bond donors (Lipinski definition) is 2. The number of thiophene rings is 1. The number of benzene rings is 2. The predicted octanol–water partition coefficient (Wildman–Crippen LogP) is 6.83. The minimum Gasteiger partial charge on any atom is -0.456 e. The maximum Gasteiger partial charge on any atom is 0.145 e. The molecule has 0 spiro atoms. The van der Waals surface area contributed by atoms with Crippen LogP contribution in [0, 0.1) is 6.92 Å². The lowest BCUT2D eigenvalue weighted by molar-refractivity contribution is 0.0823. The Morgan fingerprint density at radius 1 is 1.03 bits per heavy atom. The van der Waals surface area contributed by atoms with Crippen LogP contribution in [0.1, 0.15) is 24.4 Å². The van der Waals surface area contributed by atoms with Crippen LogP contribution in [0.15, 0.2) is 54.7 Å². The SMILES string of the molecule is Cc1cc2cc(Oc3cccc4cc(-c5ncc(C(C)(C)O)s5)sc34)ccc2[nH]1. The van der Waals surface area contributed by atoms with Crippen molar-refractivity contribution in [2.45, 2.75) is 26.4 Å². The number of H-pyrrole nitrogens is 1. The van der Waals surface area contributed by atoms with Crippen LogP contribution in [0.5, 0.6) is 11.5 Å². The van der Waals surface area contributed by atoms with Crippen molar-refractivity contribution >= 4 is 43.7 Å². The summed E-state index contributed by atoms with van der Waals surface area (Å²) in [5.41, 5.74) is 1.37. The van der Waals surface area contributed by atoms with Crippen molar-refractivity contribution in [3.8, 4) is 21.4 Å². The summed E-state index contributed by atoms with van der Waals surface area (Å²) in [7, 11) is 0. The van der Waals surface area contributed by atoms with Gasteiger partial charge in [0.25, 0.3) is 0 Å². The first kappa shape index (κ1) is 18.4. The van der Waals surface area contributed by atoms with Crippen LogP contribution >= 0.6 is 22.7 Å². The predicted molar refractivity (Wildman–Crippen MR) is 121 cm³/mol. The van der Waals surface area contributed by atoms with Crippen LogP contribution in [0.3, 0.4) is 0 Å². The van der Waals surface area contributed by atoms with Gasteiger partial charge in [0.15, 0.2) is 0 Å². The Labute approximate surface area is 176 Å². The molecule has 0 unspecified atom stereocenters. The summed E-state index contributed by atoms with van der Waals surface area (Å²) in [6.07, 6.45) is 1.76. The third-order valence-electron chi connectivity index (χ3n) is 4.78. The Morgan fingerprint density at radius 3 is 2.69 bits per heavy atom. The molecule has 0 aliphatic rings. The zero-order valence-electron chi connectivity index (χ0n) is 16.3.